The van der Waals surface area contributed by atoms with E-state index in [2.05, 4.69) is 30.6 Å². The molecule has 1 atom stereocenters. The van der Waals surface area contributed by atoms with Gasteiger partial charge in [0.05, 0.1) is 5.56 Å². The monoisotopic (exact) mass is 658 g/mol. The Bertz CT molecular complexity index is 1960. The van der Waals surface area contributed by atoms with E-state index in [0.717, 1.165) is 28.0 Å². The molecule has 1 aliphatic heterocycles. The number of hydrogen-bond acceptors (Lipinski definition) is 8. The molecule has 10 nitrogen and oxygen atoms in total. The summed E-state index contributed by atoms with van der Waals surface area (Å²) in [5, 5.41) is 3.98. The highest BCUT2D eigenvalue weighted by Crippen LogP contribution is 2.38. The van der Waals surface area contributed by atoms with E-state index >= 15 is 0 Å². The molecule has 2 heterocycles. The lowest BCUT2D eigenvalue weighted by atomic mass is 9.89. The van der Waals surface area contributed by atoms with E-state index in [4.69, 9.17) is 30.3 Å². The average Bonchev–Trinajstić information content (AvgIpc) is 3.76. The number of primary amides is 2. The third kappa shape index (κ3) is 7.19. The number of nitrogens with zero attached hydrogens (tertiary/aromatic N) is 1. The molecular formula is C39H38N4O6. The first kappa shape index (κ1) is 33.0. The van der Waals surface area contributed by atoms with Crippen LogP contribution in [-0.4, -0.2) is 17.0 Å². The number of nitrogens with two attached hydrogens (primary N) is 2. The average molecular weight is 659 g/mol. The maximum Gasteiger partial charge on any atom is 0.271 e. The van der Waals surface area contributed by atoms with Gasteiger partial charge in [0.1, 0.15) is 30.5 Å². The molecule has 49 heavy (non-hydrogen) atoms. The molecule has 0 saturated carbocycles. The highest BCUT2D eigenvalue weighted by Gasteiger charge is 2.44. The smallest absolute Gasteiger partial charge is 0.271 e. The second-order valence-electron chi connectivity index (χ2n) is 12.1. The Hall–Kier alpha value is -5.87. The molecule has 5 N–H and O–H groups in total. The minimum Gasteiger partial charge on any atom is -0.488 e. The van der Waals surface area contributed by atoms with Crippen molar-refractivity contribution in [3.63, 3.8) is 0 Å². The normalized spacial score (nSPS) is 15.4. The summed E-state index contributed by atoms with van der Waals surface area (Å²) in [6.07, 6.45) is 2.27. The summed E-state index contributed by atoms with van der Waals surface area (Å²) in [6.45, 7) is 4.99. The van der Waals surface area contributed by atoms with E-state index in [-0.39, 0.29) is 22.9 Å². The van der Waals surface area contributed by atoms with E-state index in [9.17, 15) is 9.59 Å². The van der Waals surface area contributed by atoms with Crippen LogP contribution in [0.2, 0.25) is 0 Å². The lowest BCUT2D eigenvalue weighted by molar-refractivity contribution is -0.125. The molecular weight excluding hydrogens is 620 g/mol. The lowest BCUT2D eigenvalue weighted by Crippen LogP contribution is -2.48. The fourth-order valence-corrected chi connectivity index (χ4v) is 5.79. The maximum atomic E-state index is 12.8. The van der Waals surface area contributed by atoms with Gasteiger partial charge in [-0.15, -0.1) is 5.48 Å². The van der Waals surface area contributed by atoms with Crippen LogP contribution in [0, 0.1) is 0 Å². The van der Waals surface area contributed by atoms with Crippen LogP contribution in [0.4, 0.5) is 0 Å². The number of ether oxygens (including phenoxy) is 2. The standard InChI is InChI=1S/C39H38N4O6/c1-25(2)30-20-28(32(46-23-26-12-6-3-7-13-26)21-33(30)47-24-27-14-8-4-9-15-27)18-19-31-35(36(37(40)44)42-48-31)34-22-39(38(41)45,43-49-34)29-16-10-5-11-17-29/h3-17,20-22,25,43H,18-19,23-24H2,1-2H3,(H2,40,44)(H2,41,45). The first-order chi connectivity index (χ1) is 23.7. The van der Waals surface area contributed by atoms with Crippen LogP contribution in [0.25, 0.3) is 5.76 Å². The van der Waals surface area contributed by atoms with Gasteiger partial charge in [-0.25, -0.2) is 0 Å². The molecule has 4 aromatic carbocycles. The van der Waals surface area contributed by atoms with Gasteiger partial charge < -0.3 is 30.3 Å². The van der Waals surface area contributed by atoms with E-state index < -0.39 is 17.4 Å². The van der Waals surface area contributed by atoms with Gasteiger partial charge in [-0.3, -0.25) is 9.59 Å². The molecule has 0 bridgehead atoms. The van der Waals surface area contributed by atoms with Crippen LogP contribution in [0.1, 0.15) is 69.4 Å². The van der Waals surface area contributed by atoms with E-state index in [0.29, 0.717) is 43.1 Å². The molecule has 0 radical (unpaired) electrons. The Morgan fingerprint density at radius 2 is 1.41 bits per heavy atom. The SMILES string of the molecule is CC(C)c1cc(CCc2onc(C(N)=O)c2C2=CC(C(N)=O)(c3ccccc3)NO2)c(OCc2ccccc2)cc1OCc1ccccc1. The molecule has 0 spiro atoms. The number of benzene rings is 4. The zero-order valence-electron chi connectivity index (χ0n) is 27.3. The first-order valence-corrected chi connectivity index (χ1v) is 16.1. The number of carbonyl (C=O) groups excluding carboxylic acids is 2. The van der Waals surface area contributed by atoms with Crippen molar-refractivity contribution in [1.82, 2.24) is 10.6 Å². The fourth-order valence-electron chi connectivity index (χ4n) is 5.79. The predicted molar refractivity (Wildman–Crippen MR) is 184 cm³/mol. The van der Waals surface area contributed by atoms with Crippen molar-refractivity contribution in [3.05, 3.63) is 154 Å². The zero-order chi connectivity index (χ0) is 34.4. The van der Waals surface area contributed by atoms with Gasteiger partial charge in [-0.05, 0) is 52.3 Å². The quantitative estimate of drug-likeness (QED) is 0.130. The Kier molecular flexibility index (Phi) is 9.77. The molecule has 0 fully saturated rings. The van der Waals surface area contributed by atoms with Crippen molar-refractivity contribution in [2.24, 2.45) is 11.5 Å². The minimum absolute atomic E-state index is 0.121. The summed E-state index contributed by atoms with van der Waals surface area (Å²) >= 11 is 0. The van der Waals surface area contributed by atoms with Crippen LogP contribution in [0.15, 0.2) is 114 Å². The van der Waals surface area contributed by atoms with Gasteiger partial charge in [0.2, 0.25) is 5.91 Å². The van der Waals surface area contributed by atoms with E-state index in [1.807, 2.05) is 72.8 Å². The fraction of sp³-hybridized carbons (Fsp3) is 0.205. The molecule has 250 valence electrons. The Morgan fingerprint density at radius 1 is 0.816 bits per heavy atom. The third-order valence-corrected chi connectivity index (χ3v) is 8.44. The molecule has 1 aromatic heterocycles. The van der Waals surface area contributed by atoms with Crippen molar-refractivity contribution in [2.75, 3.05) is 0 Å². The van der Waals surface area contributed by atoms with Crippen molar-refractivity contribution in [3.8, 4) is 11.5 Å². The lowest BCUT2D eigenvalue weighted by Gasteiger charge is -2.22. The van der Waals surface area contributed by atoms with Crippen LogP contribution >= 0.6 is 0 Å². The zero-order valence-corrected chi connectivity index (χ0v) is 27.3. The molecule has 10 heteroatoms. The number of aryl methyl sites for hydroxylation is 2. The first-order valence-electron chi connectivity index (χ1n) is 16.1. The van der Waals surface area contributed by atoms with Gasteiger partial charge in [0, 0.05) is 12.5 Å². The molecule has 2 amide bonds. The number of aromatic nitrogens is 1. The molecule has 6 rings (SSSR count). The summed E-state index contributed by atoms with van der Waals surface area (Å²) in [5.41, 5.74) is 17.5. The summed E-state index contributed by atoms with van der Waals surface area (Å²) in [5.74, 6) is 0.546. The van der Waals surface area contributed by atoms with Gasteiger partial charge in [0.25, 0.3) is 5.91 Å². The Morgan fingerprint density at radius 3 is 1.98 bits per heavy atom. The van der Waals surface area contributed by atoms with Crippen LogP contribution in [0.5, 0.6) is 11.5 Å². The number of hydrogen-bond donors (Lipinski definition) is 3. The summed E-state index contributed by atoms with van der Waals surface area (Å²) in [7, 11) is 0. The maximum absolute atomic E-state index is 12.8. The van der Waals surface area contributed by atoms with Crippen LogP contribution in [-0.2, 0) is 41.2 Å². The van der Waals surface area contributed by atoms with Crippen LogP contribution < -0.4 is 26.4 Å². The highest BCUT2D eigenvalue weighted by atomic mass is 16.7. The van der Waals surface area contributed by atoms with Crippen molar-refractivity contribution >= 4 is 17.6 Å². The van der Waals surface area contributed by atoms with Gasteiger partial charge in [0.15, 0.2) is 17.0 Å². The second-order valence-corrected chi connectivity index (χ2v) is 12.1. The highest BCUT2D eigenvalue weighted by molar-refractivity contribution is 5.97. The largest absolute Gasteiger partial charge is 0.488 e. The number of nitrogens with one attached hydrogen (secondary N) is 1. The molecule has 0 saturated heterocycles. The third-order valence-electron chi connectivity index (χ3n) is 8.44. The minimum atomic E-state index is -1.49. The summed E-state index contributed by atoms with van der Waals surface area (Å²) in [6, 6.07) is 32.8. The van der Waals surface area contributed by atoms with Crippen molar-refractivity contribution in [1.29, 1.82) is 0 Å². The second kappa shape index (κ2) is 14.5. The van der Waals surface area contributed by atoms with Crippen LogP contribution in [0.3, 0.4) is 0 Å². The predicted octanol–water partition coefficient (Wildman–Crippen LogP) is 6.10. The number of rotatable bonds is 14. The van der Waals surface area contributed by atoms with Crippen molar-refractivity contribution < 1.29 is 28.4 Å². The van der Waals surface area contributed by atoms with Gasteiger partial charge in [-0.2, -0.15) is 0 Å². The molecule has 1 aliphatic rings. The van der Waals surface area contributed by atoms with E-state index in [1.165, 1.54) is 6.08 Å². The molecule has 1 unspecified atom stereocenters. The van der Waals surface area contributed by atoms with Crippen molar-refractivity contribution in [2.45, 2.75) is 51.4 Å². The summed E-state index contributed by atoms with van der Waals surface area (Å²) < 4.78 is 18.5. The Balaban J connectivity index is 1.34. The van der Waals surface area contributed by atoms with Gasteiger partial charge >= 0.3 is 0 Å². The molecule has 5 aromatic rings. The van der Waals surface area contributed by atoms with Gasteiger partial charge in [-0.1, -0.05) is 110 Å². The molecule has 0 aliphatic carbocycles. The van der Waals surface area contributed by atoms with E-state index in [1.54, 1.807) is 24.3 Å². The number of carbonyl (C=O) groups is 2. The Labute approximate surface area is 284 Å². The number of amides is 2. The summed E-state index contributed by atoms with van der Waals surface area (Å²) in [4.78, 5) is 31.1. The number of hydroxylamine groups is 1. The topological polar surface area (TPSA) is 152 Å².